The van der Waals surface area contributed by atoms with E-state index in [1.807, 2.05) is 12.1 Å². The third-order valence-electron chi connectivity index (χ3n) is 5.18. The molecule has 146 valence electrons. The number of nitrogens with zero attached hydrogens (tertiary/aromatic N) is 3. The van der Waals surface area contributed by atoms with E-state index in [9.17, 15) is 0 Å². The van der Waals surface area contributed by atoms with E-state index >= 15 is 0 Å². The van der Waals surface area contributed by atoms with Crippen LogP contribution in [0.2, 0.25) is 0 Å². The molecule has 1 aromatic rings. The lowest BCUT2D eigenvalue weighted by Crippen LogP contribution is -2.58. The second kappa shape index (κ2) is 9.15. The molecule has 1 aromatic carbocycles. The van der Waals surface area contributed by atoms with Crippen molar-refractivity contribution in [2.75, 3.05) is 80.3 Å². The number of ether oxygens (including phenoxy) is 3. The molecule has 26 heavy (non-hydrogen) atoms. The minimum absolute atomic E-state index is 0.215. The molecule has 0 amide bonds. The average molecular weight is 364 g/mol. The Hall–Kier alpha value is -1.18. The van der Waals surface area contributed by atoms with Crippen molar-refractivity contribution < 1.29 is 14.2 Å². The molecule has 1 atom stereocenters. The predicted octanol–water partition coefficient (Wildman–Crippen LogP) is 1.16. The SMILES string of the molecule is COc1ccc(CN2CCO[C@@]3(COCCN(CCN(C)C)C3)C2)cc1. The van der Waals surface area contributed by atoms with E-state index in [4.69, 9.17) is 14.2 Å². The van der Waals surface area contributed by atoms with Gasteiger partial charge in [-0.25, -0.2) is 0 Å². The van der Waals surface area contributed by atoms with Crippen LogP contribution in [0.15, 0.2) is 24.3 Å². The molecule has 0 aliphatic carbocycles. The van der Waals surface area contributed by atoms with E-state index in [0.717, 1.165) is 64.8 Å². The van der Waals surface area contributed by atoms with Gasteiger partial charge in [0.25, 0.3) is 0 Å². The normalized spacial score (nSPS) is 25.5. The fourth-order valence-corrected chi connectivity index (χ4v) is 3.75. The van der Waals surface area contributed by atoms with Crippen LogP contribution in [-0.4, -0.2) is 101 Å². The standard InChI is InChI=1S/C20H33N3O3/c1-21(2)8-9-22-10-12-25-17-20(15-22)16-23(11-13-26-20)14-18-4-6-19(24-3)7-5-18/h4-7H,8-17H2,1-3H3/t20-/m1/s1. The van der Waals surface area contributed by atoms with E-state index in [-0.39, 0.29) is 5.60 Å². The molecule has 0 aromatic heterocycles. The topological polar surface area (TPSA) is 37.4 Å². The minimum atomic E-state index is -0.215. The number of hydrogen-bond donors (Lipinski definition) is 0. The zero-order valence-corrected chi connectivity index (χ0v) is 16.4. The number of benzene rings is 1. The monoisotopic (exact) mass is 363 g/mol. The van der Waals surface area contributed by atoms with Crippen molar-refractivity contribution in [1.82, 2.24) is 14.7 Å². The maximum absolute atomic E-state index is 6.29. The van der Waals surface area contributed by atoms with Crippen molar-refractivity contribution in [3.8, 4) is 5.75 Å². The van der Waals surface area contributed by atoms with Crippen LogP contribution in [0.5, 0.6) is 5.75 Å². The van der Waals surface area contributed by atoms with Gasteiger partial charge in [-0.3, -0.25) is 9.80 Å². The first-order valence-corrected chi connectivity index (χ1v) is 9.53. The van der Waals surface area contributed by atoms with Crippen molar-refractivity contribution in [3.05, 3.63) is 29.8 Å². The summed E-state index contributed by atoms with van der Waals surface area (Å²) >= 11 is 0. The number of methoxy groups -OCH3 is 1. The van der Waals surface area contributed by atoms with Crippen molar-refractivity contribution in [2.24, 2.45) is 0 Å². The fourth-order valence-electron chi connectivity index (χ4n) is 3.75. The quantitative estimate of drug-likeness (QED) is 0.755. The molecular weight excluding hydrogens is 330 g/mol. The highest BCUT2D eigenvalue weighted by Gasteiger charge is 2.40. The van der Waals surface area contributed by atoms with Gasteiger partial charge in [-0.1, -0.05) is 12.1 Å². The van der Waals surface area contributed by atoms with Gasteiger partial charge in [0, 0.05) is 45.8 Å². The maximum Gasteiger partial charge on any atom is 0.118 e. The molecule has 0 N–H and O–H groups in total. The highest BCUT2D eigenvalue weighted by atomic mass is 16.5. The first-order valence-electron chi connectivity index (χ1n) is 9.53. The molecule has 0 radical (unpaired) electrons. The summed E-state index contributed by atoms with van der Waals surface area (Å²) in [7, 11) is 5.95. The second-order valence-electron chi connectivity index (χ2n) is 7.72. The number of hydrogen-bond acceptors (Lipinski definition) is 6. The largest absolute Gasteiger partial charge is 0.497 e. The Balaban J connectivity index is 1.61. The Morgan fingerprint density at radius 1 is 1.08 bits per heavy atom. The van der Waals surface area contributed by atoms with Gasteiger partial charge in [0.15, 0.2) is 0 Å². The van der Waals surface area contributed by atoms with E-state index in [0.29, 0.717) is 6.61 Å². The van der Waals surface area contributed by atoms with E-state index < -0.39 is 0 Å². The van der Waals surface area contributed by atoms with Crippen LogP contribution in [-0.2, 0) is 16.0 Å². The van der Waals surface area contributed by atoms with Crippen molar-refractivity contribution in [2.45, 2.75) is 12.1 Å². The zero-order chi connectivity index (χ0) is 18.4. The Kier molecular flexibility index (Phi) is 6.89. The molecule has 2 aliphatic heterocycles. The molecule has 2 fully saturated rings. The van der Waals surface area contributed by atoms with Gasteiger partial charge in [0.1, 0.15) is 11.4 Å². The van der Waals surface area contributed by atoms with Crippen LogP contribution < -0.4 is 4.74 Å². The lowest BCUT2D eigenvalue weighted by atomic mass is 10.0. The lowest BCUT2D eigenvalue weighted by Gasteiger charge is -2.43. The smallest absolute Gasteiger partial charge is 0.118 e. The third kappa shape index (κ3) is 5.41. The highest BCUT2D eigenvalue weighted by molar-refractivity contribution is 5.27. The molecule has 0 bridgehead atoms. The molecule has 3 rings (SSSR count). The van der Waals surface area contributed by atoms with Crippen LogP contribution in [0.3, 0.4) is 0 Å². The summed E-state index contributed by atoms with van der Waals surface area (Å²) < 4.78 is 17.5. The number of rotatable bonds is 6. The summed E-state index contributed by atoms with van der Waals surface area (Å²) in [5.74, 6) is 0.904. The molecule has 2 saturated heterocycles. The van der Waals surface area contributed by atoms with Crippen LogP contribution in [0.4, 0.5) is 0 Å². The van der Waals surface area contributed by atoms with Crippen LogP contribution in [0.1, 0.15) is 5.56 Å². The Labute approximate surface area is 157 Å². The summed E-state index contributed by atoms with van der Waals surface area (Å²) in [6, 6.07) is 8.36. The summed E-state index contributed by atoms with van der Waals surface area (Å²) in [6.07, 6.45) is 0. The van der Waals surface area contributed by atoms with Crippen LogP contribution >= 0.6 is 0 Å². The van der Waals surface area contributed by atoms with Crippen molar-refractivity contribution >= 4 is 0 Å². The molecule has 2 heterocycles. The van der Waals surface area contributed by atoms with E-state index in [2.05, 4.69) is 40.9 Å². The molecule has 1 spiro atoms. The average Bonchev–Trinajstić information content (AvgIpc) is 2.83. The molecule has 2 aliphatic rings. The zero-order valence-electron chi connectivity index (χ0n) is 16.4. The number of likely N-dealkylation sites (N-methyl/N-ethyl adjacent to an activating group) is 1. The molecule has 6 heteroatoms. The Morgan fingerprint density at radius 3 is 2.54 bits per heavy atom. The molecule has 0 saturated carbocycles. The minimum Gasteiger partial charge on any atom is -0.497 e. The lowest BCUT2D eigenvalue weighted by molar-refractivity contribution is -0.143. The molecular formula is C20H33N3O3. The summed E-state index contributed by atoms with van der Waals surface area (Å²) in [5.41, 5.74) is 1.09. The highest BCUT2D eigenvalue weighted by Crippen LogP contribution is 2.24. The van der Waals surface area contributed by atoms with Gasteiger partial charge in [0.2, 0.25) is 0 Å². The van der Waals surface area contributed by atoms with E-state index in [1.54, 1.807) is 7.11 Å². The number of morpholine rings is 1. The van der Waals surface area contributed by atoms with Gasteiger partial charge >= 0.3 is 0 Å². The van der Waals surface area contributed by atoms with Gasteiger partial charge in [-0.15, -0.1) is 0 Å². The van der Waals surface area contributed by atoms with Gasteiger partial charge in [-0.05, 0) is 31.8 Å². The molecule has 0 unspecified atom stereocenters. The van der Waals surface area contributed by atoms with Crippen LogP contribution in [0, 0.1) is 0 Å². The maximum atomic E-state index is 6.29. The molecule has 6 nitrogen and oxygen atoms in total. The third-order valence-corrected chi connectivity index (χ3v) is 5.18. The predicted molar refractivity (Wildman–Crippen MR) is 103 cm³/mol. The van der Waals surface area contributed by atoms with Gasteiger partial charge in [-0.2, -0.15) is 0 Å². The van der Waals surface area contributed by atoms with Crippen molar-refractivity contribution in [3.63, 3.8) is 0 Å². The van der Waals surface area contributed by atoms with Crippen LogP contribution in [0.25, 0.3) is 0 Å². The first kappa shape index (κ1) is 19.6. The van der Waals surface area contributed by atoms with Gasteiger partial charge < -0.3 is 19.1 Å². The summed E-state index contributed by atoms with van der Waals surface area (Å²) in [5, 5.41) is 0. The first-order chi connectivity index (χ1) is 12.6. The fraction of sp³-hybridized carbons (Fsp3) is 0.700. The Bertz CT molecular complexity index is 552. The second-order valence-corrected chi connectivity index (χ2v) is 7.72. The van der Waals surface area contributed by atoms with Gasteiger partial charge in [0.05, 0.1) is 26.9 Å². The van der Waals surface area contributed by atoms with E-state index in [1.165, 1.54) is 5.56 Å². The summed E-state index contributed by atoms with van der Waals surface area (Å²) in [6.45, 7) is 9.10. The summed E-state index contributed by atoms with van der Waals surface area (Å²) in [4.78, 5) is 7.21. The Morgan fingerprint density at radius 2 is 1.81 bits per heavy atom. The van der Waals surface area contributed by atoms with Crippen molar-refractivity contribution in [1.29, 1.82) is 0 Å².